The van der Waals surface area contributed by atoms with Crippen LogP contribution in [0.4, 0.5) is 5.69 Å². The quantitative estimate of drug-likeness (QED) is 0.899. The first-order chi connectivity index (χ1) is 8.95. The number of nitrogens with zero attached hydrogens (tertiary/aromatic N) is 1. The van der Waals surface area contributed by atoms with Gasteiger partial charge in [-0.15, -0.1) is 0 Å². The summed E-state index contributed by atoms with van der Waals surface area (Å²) in [6, 6.07) is 4.27. The summed E-state index contributed by atoms with van der Waals surface area (Å²) in [6.45, 7) is 3.38. The van der Waals surface area contributed by atoms with Crippen LogP contribution in [-0.2, 0) is 9.59 Å². The summed E-state index contributed by atoms with van der Waals surface area (Å²) in [4.78, 5) is 25.5. The Morgan fingerprint density at radius 1 is 1.32 bits per heavy atom. The molecule has 102 valence electrons. The average Bonchev–Trinajstić information content (AvgIpc) is 2.38. The number of carbonyl (C=O) groups excluding carboxylic acids is 2. The van der Waals surface area contributed by atoms with Gasteiger partial charge in [0.15, 0.2) is 0 Å². The van der Waals surface area contributed by atoms with E-state index >= 15 is 0 Å². The topological polar surface area (TPSA) is 58.6 Å². The lowest BCUT2D eigenvalue weighted by atomic mass is 10.1. The van der Waals surface area contributed by atoms with Gasteiger partial charge < -0.3 is 10.1 Å². The minimum atomic E-state index is -0.533. The number of rotatable bonds is 2. The van der Waals surface area contributed by atoms with Gasteiger partial charge >= 0.3 is 0 Å². The van der Waals surface area contributed by atoms with Gasteiger partial charge in [0.1, 0.15) is 17.8 Å². The Bertz CT molecular complexity index is 533. The van der Waals surface area contributed by atoms with Gasteiger partial charge in [-0.1, -0.05) is 0 Å². The molecule has 1 N–H and O–H groups in total. The maximum atomic E-state index is 12.2. The maximum Gasteiger partial charge on any atom is 0.250 e. The van der Waals surface area contributed by atoms with Gasteiger partial charge in [0.05, 0.1) is 11.6 Å². The van der Waals surface area contributed by atoms with Crippen LogP contribution in [0, 0.1) is 0 Å². The van der Waals surface area contributed by atoms with Crippen LogP contribution in [0.3, 0.4) is 0 Å². The van der Waals surface area contributed by atoms with Crippen molar-refractivity contribution in [1.29, 1.82) is 0 Å². The summed E-state index contributed by atoms with van der Waals surface area (Å²) in [7, 11) is 1.56. The molecule has 0 spiro atoms. The van der Waals surface area contributed by atoms with E-state index in [2.05, 4.69) is 21.2 Å². The number of anilines is 1. The molecule has 0 aromatic heterocycles. The summed E-state index contributed by atoms with van der Waals surface area (Å²) >= 11 is 3.36. The van der Waals surface area contributed by atoms with Crippen LogP contribution >= 0.6 is 15.9 Å². The van der Waals surface area contributed by atoms with E-state index < -0.39 is 12.1 Å². The largest absolute Gasteiger partial charge is 0.495 e. The van der Waals surface area contributed by atoms with Gasteiger partial charge in [-0.25, -0.2) is 0 Å². The fraction of sp³-hybridized carbons (Fsp3) is 0.385. The van der Waals surface area contributed by atoms with Gasteiger partial charge in [-0.2, -0.15) is 0 Å². The molecule has 2 rings (SSSR count). The summed E-state index contributed by atoms with van der Waals surface area (Å²) in [5.74, 6) is 0.335. The van der Waals surface area contributed by atoms with Crippen LogP contribution in [0.1, 0.15) is 13.8 Å². The zero-order chi connectivity index (χ0) is 14.2. The van der Waals surface area contributed by atoms with Gasteiger partial charge in [-0.05, 0) is 41.9 Å². The van der Waals surface area contributed by atoms with Crippen molar-refractivity contribution in [2.75, 3.05) is 12.0 Å². The highest BCUT2D eigenvalue weighted by atomic mass is 79.9. The molecule has 6 heteroatoms. The second-order valence-corrected chi connectivity index (χ2v) is 5.29. The summed E-state index contributed by atoms with van der Waals surface area (Å²) < 4.78 is 6.01. The molecule has 1 aliphatic heterocycles. The molecule has 2 amide bonds. The second kappa shape index (κ2) is 5.21. The molecule has 1 aromatic rings. The molecule has 1 heterocycles. The Labute approximate surface area is 120 Å². The molecule has 2 atom stereocenters. The summed E-state index contributed by atoms with van der Waals surface area (Å²) in [6.07, 6.45) is 0. The minimum absolute atomic E-state index is 0.128. The fourth-order valence-corrected chi connectivity index (χ4v) is 2.47. The van der Waals surface area contributed by atoms with Gasteiger partial charge in [0.25, 0.3) is 0 Å². The van der Waals surface area contributed by atoms with Crippen LogP contribution < -0.4 is 15.0 Å². The lowest BCUT2D eigenvalue weighted by Gasteiger charge is -2.36. The highest BCUT2D eigenvalue weighted by Gasteiger charge is 2.36. The molecule has 1 aliphatic rings. The van der Waals surface area contributed by atoms with E-state index in [0.29, 0.717) is 11.4 Å². The SMILES string of the molecule is COc1cc(N2C(=O)C(C)NC(=O)C2C)ccc1Br. The Kier molecular flexibility index (Phi) is 3.80. The number of piperazine rings is 1. The van der Waals surface area contributed by atoms with Crippen LogP contribution in [0.2, 0.25) is 0 Å². The first-order valence-electron chi connectivity index (χ1n) is 5.92. The Morgan fingerprint density at radius 3 is 2.63 bits per heavy atom. The van der Waals surface area contributed by atoms with E-state index in [1.807, 2.05) is 0 Å². The number of amides is 2. The summed E-state index contributed by atoms with van der Waals surface area (Å²) in [5.41, 5.74) is 0.652. The van der Waals surface area contributed by atoms with E-state index in [9.17, 15) is 9.59 Å². The van der Waals surface area contributed by atoms with Crippen molar-refractivity contribution in [3.63, 3.8) is 0 Å². The van der Waals surface area contributed by atoms with Crippen molar-refractivity contribution >= 4 is 33.4 Å². The van der Waals surface area contributed by atoms with Crippen molar-refractivity contribution in [3.8, 4) is 5.75 Å². The van der Waals surface area contributed by atoms with E-state index in [1.165, 1.54) is 4.90 Å². The minimum Gasteiger partial charge on any atom is -0.495 e. The lowest BCUT2D eigenvalue weighted by Crippen LogP contribution is -2.61. The zero-order valence-corrected chi connectivity index (χ0v) is 12.5. The number of benzene rings is 1. The highest BCUT2D eigenvalue weighted by molar-refractivity contribution is 9.10. The zero-order valence-electron chi connectivity index (χ0n) is 10.9. The van der Waals surface area contributed by atoms with Crippen molar-refractivity contribution < 1.29 is 14.3 Å². The molecule has 1 saturated heterocycles. The third-order valence-corrected chi connectivity index (χ3v) is 3.80. The first kappa shape index (κ1) is 13.9. The number of methoxy groups -OCH3 is 1. The highest BCUT2D eigenvalue weighted by Crippen LogP contribution is 2.31. The molecule has 0 aliphatic carbocycles. The van der Waals surface area contributed by atoms with Crippen molar-refractivity contribution in [2.24, 2.45) is 0 Å². The third-order valence-electron chi connectivity index (χ3n) is 3.15. The number of hydrogen-bond donors (Lipinski definition) is 1. The number of hydrogen-bond acceptors (Lipinski definition) is 3. The average molecular weight is 327 g/mol. The number of halogens is 1. The molecular weight excluding hydrogens is 312 g/mol. The molecule has 1 aromatic carbocycles. The molecule has 0 radical (unpaired) electrons. The normalized spacial score (nSPS) is 23.3. The van der Waals surface area contributed by atoms with E-state index in [1.54, 1.807) is 39.2 Å². The van der Waals surface area contributed by atoms with Crippen LogP contribution in [0.25, 0.3) is 0 Å². The third kappa shape index (κ3) is 2.45. The van der Waals surface area contributed by atoms with Crippen molar-refractivity contribution in [2.45, 2.75) is 25.9 Å². The van der Waals surface area contributed by atoms with E-state index in [0.717, 1.165) is 4.47 Å². The monoisotopic (exact) mass is 326 g/mol. The molecule has 1 fully saturated rings. The number of carbonyl (C=O) groups is 2. The van der Waals surface area contributed by atoms with E-state index in [-0.39, 0.29) is 11.8 Å². The fourth-order valence-electron chi connectivity index (χ4n) is 2.06. The summed E-state index contributed by atoms with van der Waals surface area (Å²) in [5, 5.41) is 2.65. The molecule has 0 bridgehead atoms. The molecule has 5 nitrogen and oxygen atoms in total. The van der Waals surface area contributed by atoms with Gasteiger partial charge in [0, 0.05) is 11.8 Å². The number of nitrogens with one attached hydrogen (secondary N) is 1. The standard InChI is InChI=1S/C13H15BrN2O3/c1-7-13(18)16(8(2)12(17)15-7)9-4-5-10(14)11(6-9)19-3/h4-8H,1-3H3,(H,15,17). The smallest absolute Gasteiger partial charge is 0.250 e. The molecule has 0 saturated carbocycles. The predicted molar refractivity (Wildman–Crippen MR) is 75.2 cm³/mol. The maximum absolute atomic E-state index is 12.2. The Balaban J connectivity index is 2.43. The molecular formula is C13H15BrN2O3. The van der Waals surface area contributed by atoms with Crippen LogP contribution in [0.15, 0.2) is 22.7 Å². The van der Waals surface area contributed by atoms with Gasteiger partial charge in [0.2, 0.25) is 11.8 Å². The lowest BCUT2D eigenvalue weighted by molar-refractivity contribution is -0.133. The van der Waals surface area contributed by atoms with E-state index in [4.69, 9.17) is 4.74 Å². The first-order valence-corrected chi connectivity index (χ1v) is 6.72. The van der Waals surface area contributed by atoms with Gasteiger partial charge in [-0.3, -0.25) is 14.5 Å². The van der Waals surface area contributed by atoms with Crippen molar-refractivity contribution in [3.05, 3.63) is 22.7 Å². The Hall–Kier alpha value is -1.56. The second-order valence-electron chi connectivity index (χ2n) is 4.43. The van der Waals surface area contributed by atoms with Crippen LogP contribution in [0.5, 0.6) is 5.75 Å². The number of ether oxygens (including phenoxy) is 1. The Morgan fingerprint density at radius 2 is 2.00 bits per heavy atom. The van der Waals surface area contributed by atoms with Crippen LogP contribution in [-0.4, -0.2) is 31.0 Å². The predicted octanol–water partition coefficient (Wildman–Crippen LogP) is 1.70. The molecule has 2 unspecified atom stereocenters. The van der Waals surface area contributed by atoms with Crippen molar-refractivity contribution in [1.82, 2.24) is 5.32 Å². The molecule has 19 heavy (non-hydrogen) atoms.